The SMILES string of the molecule is Cc1nc(N)sc1C(C)c1ccc(C#N)cc1Br. The summed E-state index contributed by atoms with van der Waals surface area (Å²) in [5, 5.41) is 9.46. The number of nitrogens with two attached hydrogens (primary N) is 1. The second kappa shape index (κ2) is 5.09. The summed E-state index contributed by atoms with van der Waals surface area (Å²) in [6.07, 6.45) is 0. The van der Waals surface area contributed by atoms with Gasteiger partial charge in [-0.05, 0) is 24.6 Å². The second-order valence-electron chi connectivity index (χ2n) is 4.07. The van der Waals surface area contributed by atoms with Crippen LogP contribution < -0.4 is 5.73 Å². The first kappa shape index (κ1) is 13.1. The van der Waals surface area contributed by atoms with E-state index in [-0.39, 0.29) is 5.92 Å². The van der Waals surface area contributed by atoms with Crippen LogP contribution in [-0.4, -0.2) is 4.98 Å². The van der Waals surface area contributed by atoms with E-state index in [1.807, 2.05) is 25.1 Å². The van der Waals surface area contributed by atoms with Gasteiger partial charge >= 0.3 is 0 Å². The zero-order chi connectivity index (χ0) is 13.3. The summed E-state index contributed by atoms with van der Waals surface area (Å²) >= 11 is 5.04. The molecule has 92 valence electrons. The van der Waals surface area contributed by atoms with Crippen molar-refractivity contribution in [1.29, 1.82) is 5.26 Å². The van der Waals surface area contributed by atoms with Crippen LogP contribution in [0.5, 0.6) is 0 Å². The minimum atomic E-state index is 0.210. The Kier molecular flexibility index (Phi) is 3.69. The van der Waals surface area contributed by atoms with Gasteiger partial charge in [0.2, 0.25) is 0 Å². The van der Waals surface area contributed by atoms with Crippen molar-refractivity contribution in [1.82, 2.24) is 4.98 Å². The third-order valence-electron chi connectivity index (χ3n) is 2.84. The van der Waals surface area contributed by atoms with E-state index in [4.69, 9.17) is 11.0 Å². The summed E-state index contributed by atoms with van der Waals surface area (Å²) in [6.45, 7) is 4.09. The van der Waals surface area contributed by atoms with Crippen molar-refractivity contribution in [2.45, 2.75) is 19.8 Å². The van der Waals surface area contributed by atoms with Gasteiger partial charge in [-0.3, -0.25) is 0 Å². The van der Waals surface area contributed by atoms with Gasteiger partial charge in [-0.2, -0.15) is 5.26 Å². The largest absolute Gasteiger partial charge is 0.375 e. The van der Waals surface area contributed by atoms with E-state index in [1.54, 1.807) is 0 Å². The average Bonchev–Trinajstić information content (AvgIpc) is 2.67. The molecule has 0 spiro atoms. The molecular weight excluding hydrogens is 310 g/mol. The van der Waals surface area contributed by atoms with E-state index in [2.05, 4.69) is 33.9 Å². The topological polar surface area (TPSA) is 62.7 Å². The van der Waals surface area contributed by atoms with Gasteiger partial charge in [-0.1, -0.05) is 28.9 Å². The molecule has 0 bridgehead atoms. The second-order valence-corrected chi connectivity index (χ2v) is 5.99. The minimum Gasteiger partial charge on any atom is -0.375 e. The quantitative estimate of drug-likeness (QED) is 0.914. The number of nitriles is 1. The zero-order valence-corrected chi connectivity index (χ0v) is 12.5. The van der Waals surface area contributed by atoms with E-state index in [9.17, 15) is 0 Å². The van der Waals surface area contributed by atoms with E-state index in [0.717, 1.165) is 20.6 Å². The van der Waals surface area contributed by atoms with Crippen LogP contribution in [0.1, 0.15) is 34.5 Å². The fraction of sp³-hybridized carbons (Fsp3) is 0.231. The van der Waals surface area contributed by atoms with Crippen molar-refractivity contribution >= 4 is 32.4 Å². The van der Waals surface area contributed by atoms with Crippen LogP contribution in [0.15, 0.2) is 22.7 Å². The van der Waals surface area contributed by atoms with Crippen LogP contribution in [0.2, 0.25) is 0 Å². The molecule has 1 unspecified atom stereocenters. The molecule has 18 heavy (non-hydrogen) atoms. The Labute approximate surface area is 118 Å². The predicted octanol–water partition coefficient (Wildman–Crippen LogP) is 3.82. The first-order valence-electron chi connectivity index (χ1n) is 5.45. The van der Waals surface area contributed by atoms with Gasteiger partial charge in [0.1, 0.15) is 0 Å². The molecule has 0 aliphatic heterocycles. The molecule has 5 heteroatoms. The highest BCUT2D eigenvalue weighted by Crippen LogP contribution is 2.36. The van der Waals surface area contributed by atoms with Crippen molar-refractivity contribution in [3.63, 3.8) is 0 Å². The number of thiazole rings is 1. The first-order valence-corrected chi connectivity index (χ1v) is 7.06. The molecule has 2 rings (SSSR count). The van der Waals surface area contributed by atoms with Gasteiger partial charge in [0.25, 0.3) is 0 Å². The Morgan fingerprint density at radius 1 is 1.50 bits per heavy atom. The van der Waals surface area contributed by atoms with Crippen molar-refractivity contribution in [3.8, 4) is 6.07 Å². The molecule has 0 amide bonds. The van der Waals surface area contributed by atoms with Gasteiger partial charge in [-0.25, -0.2) is 4.98 Å². The van der Waals surface area contributed by atoms with Crippen LogP contribution in [0.25, 0.3) is 0 Å². The molecule has 1 heterocycles. The molecule has 1 atom stereocenters. The summed E-state index contributed by atoms with van der Waals surface area (Å²) in [6, 6.07) is 7.77. The molecule has 0 saturated heterocycles. The average molecular weight is 322 g/mol. The molecule has 1 aromatic heterocycles. The maximum Gasteiger partial charge on any atom is 0.180 e. The summed E-state index contributed by atoms with van der Waals surface area (Å²) in [4.78, 5) is 5.41. The van der Waals surface area contributed by atoms with Crippen LogP contribution >= 0.6 is 27.3 Å². The van der Waals surface area contributed by atoms with E-state index in [1.165, 1.54) is 11.3 Å². The van der Waals surface area contributed by atoms with Crippen molar-refractivity contribution in [2.24, 2.45) is 0 Å². The number of aromatic nitrogens is 1. The number of aryl methyl sites for hydroxylation is 1. The number of benzene rings is 1. The Bertz CT molecular complexity index is 628. The lowest BCUT2D eigenvalue weighted by molar-refractivity contribution is 0.920. The Morgan fingerprint density at radius 2 is 2.22 bits per heavy atom. The molecular formula is C13H12BrN3S. The van der Waals surface area contributed by atoms with Gasteiger partial charge in [0, 0.05) is 15.3 Å². The van der Waals surface area contributed by atoms with Gasteiger partial charge in [0.05, 0.1) is 17.3 Å². The molecule has 3 nitrogen and oxygen atoms in total. The third kappa shape index (κ3) is 2.40. The highest BCUT2D eigenvalue weighted by molar-refractivity contribution is 9.10. The fourth-order valence-corrected chi connectivity index (χ4v) is 3.55. The van der Waals surface area contributed by atoms with Crippen LogP contribution in [0, 0.1) is 18.3 Å². The van der Waals surface area contributed by atoms with Crippen molar-refractivity contribution in [2.75, 3.05) is 5.73 Å². The summed E-state index contributed by atoms with van der Waals surface area (Å²) in [7, 11) is 0. The monoisotopic (exact) mass is 321 g/mol. The summed E-state index contributed by atoms with van der Waals surface area (Å²) < 4.78 is 0.945. The normalized spacial score (nSPS) is 12.1. The number of nitrogens with zero attached hydrogens (tertiary/aromatic N) is 2. The lowest BCUT2D eigenvalue weighted by atomic mass is 9.97. The summed E-state index contributed by atoms with van der Waals surface area (Å²) in [5.41, 5.74) is 8.50. The number of halogens is 1. The first-order chi connectivity index (χ1) is 8.52. The molecule has 2 aromatic rings. The van der Waals surface area contributed by atoms with E-state index < -0.39 is 0 Å². The van der Waals surface area contributed by atoms with Gasteiger partial charge < -0.3 is 5.73 Å². The van der Waals surface area contributed by atoms with Gasteiger partial charge in [0.15, 0.2) is 5.13 Å². The lowest BCUT2D eigenvalue weighted by Crippen LogP contribution is -1.97. The number of nitrogen functional groups attached to an aromatic ring is 1. The number of hydrogen-bond acceptors (Lipinski definition) is 4. The molecule has 0 saturated carbocycles. The number of rotatable bonds is 2. The molecule has 0 fully saturated rings. The fourth-order valence-electron chi connectivity index (χ4n) is 1.92. The minimum absolute atomic E-state index is 0.210. The number of anilines is 1. The summed E-state index contributed by atoms with van der Waals surface area (Å²) in [5.74, 6) is 0.210. The van der Waals surface area contributed by atoms with E-state index >= 15 is 0 Å². The predicted molar refractivity (Wildman–Crippen MR) is 77.6 cm³/mol. The maximum absolute atomic E-state index is 8.86. The zero-order valence-electron chi connectivity index (χ0n) is 10.1. The standard InChI is InChI=1S/C13H12BrN3S/c1-7(12-8(2)17-13(16)18-12)10-4-3-9(6-15)5-11(10)14/h3-5,7H,1-2H3,(H2,16,17). The highest BCUT2D eigenvalue weighted by atomic mass is 79.9. The molecule has 1 aromatic carbocycles. The van der Waals surface area contributed by atoms with Crippen molar-refractivity contribution < 1.29 is 0 Å². The lowest BCUT2D eigenvalue weighted by Gasteiger charge is -2.13. The Morgan fingerprint density at radius 3 is 2.72 bits per heavy atom. The molecule has 0 aliphatic carbocycles. The van der Waals surface area contributed by atoms with Crippen LogP contribution in [0.4, 0.5) is 5.13 Å². The number of hydrogen-bond donors (Lipinski definition) is 1. The molecule has 2 N–H and O–H groups in total. The Balaban J connectivity index is 2.43. The Hall–Kier alpha value is -1.38. The van der Waals surface area contributed by atoms with Crippen LogP contribution in [0.3, 0.4) is 0 Å². The van der Waals surface area contributed by atoms with E-state index in [0.29, 0.717) is 10.7 Å². The smallest absolute Gasteiger partial charge is 0.180 e. The van der Waals surface area contributed by atoms with Crippen LogP contribution in [-0.2, 0) is 0 Å². The third-order valence-corrected chi connectivity index (χ3v) is 4.69. The molecule has 0 radical (unpaired) electrons. The molecule has 0 aliphatic rings. The van der Waals surface area contributed by atoms with Gasteiger partial charge in [-0.15, -0.1) is 11.3 Å². The highest BCUT2D eigenvalue weighted by Gasteiger charge is 2.17. The van der Waals surface area contributed by atoms with Crippen molar-refractivity contribution in [3.05, 3.63) is 44.4 Å². The maximum atomic E-state index is 8.86.